The molecule has 0 atom stereocenters. The third-order valence-corrected chi connectivity index (χ3v) is 25.1. The zero-order valence-electron chi connectivity index (χ0n) is 70.8. The Bertz CT molecular complexity index is 8100. The lowest BCUT2D eigenvalue weighted by atomic mass is 10.0. The number of nitrogens with two attached hydrogens (primary N) is 3. The van der Waals surface area contributed by atoms with Gasteiger partial charge >= 0.3 is 0 Å². The number of aryl methyl sites for hydroxylation is 2. The molecule has 0 unspecified atom stereocenters. The van der Waals surface area contributed by atoms with Gasteiger partial charge in [0.2, 0.25) is 17.7 Å². The molecule has 0 aliphatic heterocycles. The minimum atomic E-state index is -3.79. The standard InChI is InChI=1S/C30H21N3O2S.C26H23N5O.C25H20BrN5O.C25H21N5O/c1-19-14-16-20(17-15-19)36(34,35)33-18-26(23-10-6-7-13-27(23)33)30-31-28-24-11-4-2-8-21(24)22-9-3-5-12-25(22)29(28)32-30;1-16-23(20-12-5-6-13-21(20)28-16)26-30-24(17-8-3-2-4-9-17)25(31-26)18-10-7-11-19(14-18)29-22(32)15-27;26-17-9-10-21-19(12-17)20(14-28-21)25-30-23(15-5-2-1-3-6-15)24(31-25)16-7-4-8-18(11-16)29-22(32)13-27;26-14-22(31)28-18-10-6-9-17(13-18)24-23(16-7-2-1-3-8-16)29-25(30-24)20-15-27-21-12-5-4-11-19(20)21/h2-18H,1H3,(H,31,32);2-14,28H,15,27H2,1H3,(H,29,32)(H,30,31);1-12,14,28H,13,27H2,(H,29,32)(H,30,31);1-13,15,27H,14,26H2,(H,28,31)(H,29,30). The van der Waals surface area contributed by atoms with Crippen LogP contribution in [-0.2, 0) is 24.4 Å². The van der Waals surface area contributed by atoms with Gasteiger partial charge in [-0.1, -0.05) is 264 Å². The fraction of sp³-hybridized carbons (Fsp3) is 0.0472. The molecule has 23 nitrogen and oxygen atoms in total. The van der Waals surface area contributed by atoms with E-state index in [9.17, 15) is 22.8 Å². The Morgan fingerprint density at radius 1 is 0.359 bits per heavy atom. The average Bonchev–Trinajstić information content (AvgIpc) is 1.57. The minimum absolute atomic E-state index is 0.0629. The van der Waals surface area contributed by atoms with Crippen LogP contribution in [-0.4, -0.2) is 105 Å². The predicted octanol–water partition coefficient (Wildman–Crippen LogP) is 22.5. The molecule has 0 fully saturated rings. The summed E-state index contributed by atoms with van der Waals surface area (Å²) in [7, 11) is -3.79. The minimum Gasteiger partial charge on any atom is -0.360 e. The maximum Gasteiger partial charge on any atom is 0.268 e. The number of imidazole rings is 4. The molecule has 22 rings (SSSR count). The molecular weight excluding hydrogens is 1720 g/mol. The zero-order chi connectivity index (χ0) is 89.8. The Kier molecular flexibility index (Phi) is 23.4. The van der Waals surface area contributed by atoms with Gasteiger partial charge in [-0.25, -0.2) is 32.3 Å². The number of carbonyl (C=O) groups excluding carboxylic acids is 3. The van der Waals surface area contributed by atoms with Crippen LogP contribution in [0.1, 0.15) is 11.3 Å². The largest absolute Gasteiger partial charge is 0.360 e. The number of rotatable bonds is 18. The van der Waals surface area contributed by atoms with E-state index in [0.29, 0.717) is 28.4 Å². The van der Waals surface area contributed by atoms with Crippen LogP contribution in [0.5, 0.6) is 0 Å². The molecular formula is C106H85BrN18O5S. The first-order chi connectivity index (χ1) is 64.0. The third-order valence-electron chi connectivity index (χ3n) is 22.9. The number of benzene rings is 14. The van der Waals surface area contributed by atoms with Crippen LogP contribution < -0.4 is 33.2 Å². The average molecular weight is 1800 g/mol. The van der Waals surface area contributed by atoms with Gasteiger partial charge < -0.3 is 68.0 Å². The summed E-state index contributed by atoms with van der Waals surface area (Å²) in [5.74, 6) is 2.27. The molecule has 8 heterocycles. The number of fused-ring (bicyclic) bond motifs is 10. The Labute approximate surface area is 759 Å². The van der Waals surface area contributed by atoms with Crippen molar-refractivity contribution in [3.8, 4) is 113 Å². The molecule has 0 spiro atoms. The number of aromatic nitrogens is 12. The summed E-state index contributed by atoms with van der Waals surface area (Å²) in [4.78, 5) is 79.8. The number of halogens is 1. The van der Waals surface area contributed by atoms with Crippen LogP contribution in [0.2, 0.25) is 0 Å². The maximum absolute atomic E-state index is 13.7. The third kappa shape index (κ3) is 17.1. The van der Waals surface area contributed by atoms with Gasteiger partial charge in [-0.15, -0.1) is 0 Å². The number of nitrogens with zero attached hydrogens (tertiary/aromatic N) is 5. The Balaban J connectivity index is 0.000000113. The van der Waals surface area contributed by atoms with Gasteiger partial charge in [0.15, 0.2) is 0 Å². The second kappa shape index (κ2) is 36.5. The SMILES string of the molecule is Cc1[nH]c2ccccc2c1-c1nc(-c2cccc(NC(=O)CN)c2)c(-c2ccccc2)[nH]1.Cc1ccc(S(=O)(=O)n2cc(-c3nc4c5ccccc5c5ccccc5c4[nH]3)c3ccccc32)cc1.NCC(=O)Nc1cccc(-c2nc(-c3c[nH]c4ccc(Br)cc34)[nH]c2-c2ccccc2)c1.NCC(=O)Nc1cccc(-c2nc(-c3c[nH]c4ccccc34)[nH]c2-c2ccccc2)c1. The molecule has 642 valence electrons. The van der Waals surface area contributed by atoms with Crippen molar-refractivity contribution in [1.29, 1.82) is 0 Å². The van der Waals surface area contributed by atoms with Gasteiger partial charge in [0.1, 0.15) is 23.3 Å². The number of carbonyl (C=O) groups is 3. The first kappa shape index (κ1) is 84.1. The monoisotopic (exact) mass is 1800 g/mol. The summed E-state index contributed by atoms with van der Waals surface area (Å²) < 4.78 is 29.7. The van der Waals surface area contributed by atoms with E-state index in [-0.39, 0.29) is 42.3 Å². The number of aromatic amines is 7. The lowest BCUT2D eigenvalue weighted by Gasteiger charge is -2.07. The van der Waals surface area contributed by atoms with Crippen LogP contribution in [0, 0.1) is 13.8 Å². The number of hydrogen-bond donors (Lipinski definition) is 13. The molecule has 0 bridgehead atoms. The highest BCUT2D eigenvalue weighted by Crippen LogP contribution is 2.44. The lowest BCUT2D eigenvalue weighted by molar-refractivity contribution is -0.115. The zero-order valence-corrected chi connectivity index (χ0v) is 73.2. The van der Waals surface area contributed by atoms with Gasteiger partial charge in [0.05, 0.1) is 75.2 Å². The molecule has 25 heteroatoms. The molecule has 8 aromatic heterocycles. The summed E-state index contributed by atoms with van der Waals surface area (Å²) in [6.45, 7) is 3.80. The van der Waals surface area contributed by atoms with Crippen molar-refractivity contribution in [1.82, 2.24) is 58.8 Å². The van der Waals surface area contributed by atoms with E-state index in [1.54, 1.807) is 18.3 Å². The topological polar surface area (TPSA) is 367 Å². The van der Waals surface area contributed by atoms with Crippen molar-refractivity contribution < 1.29 is 22.8 Å². The van der Waals surface area contributed by atoms with E-state index in [4.69, 9.17) is 37.1 Å². The van der Waals surface area contributed by atoms with Crippen molar-refractivity contribution in [2.45, 2.75) is 18.7 Å². The number of H-pyrrole nitrogens is 7. The molecule has 0 saturated carbocycles. The van der Waals surface area contributed by atoms with Crippen molar-refractivity contribution >= 4 is 137 Å². The smallest absolute Gasteiger partial charge is 0.268 e. The van der Waals surface area contributed by atoms with Gasteiger partial charge in [-0.2, -0.15) is 0 Å². The number of amides is 3. The van der Waals surface area contributed by atoms with E-state index in [2.05, 4.69) is 146 Å². The summed E-state index contributed by atoms with van der Waals surface area (Å²) in [6.07, 6.45) is 5.62. The number of nitrogens with one attached hydrogen (secondary N) is 10. The van der Waals surface area contributed by atoms with Crippen LogP contribution in [0.3, 0.4) is 0 Å². The summed E-state index contributed by atoms with van der Waals surface area (Å²) in [5, 5.41) is 17.0. The highest BCUT2D eigenvalue weighted by atomic mass is 79.9. The van der Waals surface area contributed by atoms with Gasteiger partial charge in [-0.3, -0.25) is 14.4 Å². The van der Waals surface area contributed by atoms with Gasteiger partial charge in [0, 0.05) is 150 Å². The van der Waals surface area contributed by atoms with Crippen molar-refractivity contribution in [2.24, 2.45) is 17.2 Å². The molecule has 0 aliphatic rings. The Hall–Kier alpha value is -16.4. The quantitative estimate of drug-likeness (QED) is 0.0357. The van der Waals surface area contributed by atoms with E-state index < -0.39 is 10.0 Å². The molecule has 131 heavy (non-hydrogen) atoms. The van der Waals surface area contributed by atoms with E-state index in [1.165, 1.54) is 3.97 Å². The van der Waals surface area contributed by atoms with E-state index >= 15 is 0 Å². The van der Waals surface area contributed by atoms with E-state index in [0.717, 1.165) is 194 Å². The predicted molar refractivity (Wildman–Crippen MR) is 532 cm³/mol. The first-order valence-corrected chi connectivity index (χ1v) is 44.6. The summed E-state index contributed by atoms with van der Waals surface area (Å²) >= 11 is 3.56. The summed E-state index contributed by atoms with van der Waals surface area (Å²) in [5.41, 5.74) is 40.8. The van der Waals surface area contributed by atoms with Crippen LogP contribution in [0.15, 0.2) is 356 Å². The van der Waals surface area contributed by atoms with Crippen molar-refractivity contribution in [3.05, 3.63) is 362 Å². The number of anilines is 3. The van der Waals surface area contributed by atoms with Crippen LogP contribution in [0.25, 0.3) is 189 Å². The molecule has 14 aromatic carbocycles. The van der Waals surface area contributed by atoms with Gasteiger partial charge in [-0.05, 0) is 110 Å². The second-order valence-electron chi connectivity index (χ2n) is 31.4. The lowest BCUT2D eigenvalue weighted by Crippen LogP contribution is -2.21. The molecule has 0 saturated heterocycles. The molecule has 3 amide bonds. The fourth-order valence-corrected chi connectivity index (χ4v) is 18.4. The number of hydrogen-bond acceptors (Lipinski definition) is 12. The Morgan fingerprint density at radius 2 is 0.763 bits per heavy atom. The molecule has 0 aliphatic carbocycles. The second-order valence-corrected chi connectivity index (χ2v) is 34.1. The highest BCUT2D eigenvalue weighted by Gasteiger charge is 2.27. The van der Waals surface area contributed by atoms with Crippen molar-refractivity contribution in [2.75, 3.05) is 35.6 Å². The van der Waals surface area contributed by atoms with Gasteiger partial charge in [0.25, 0.3) is 10.0 Å². The van der Waals surface area contributed by atoms with Crippen molar-refractivity contribution in [3.63, 3.8) is 0 Å². The highest BCUT2D eigenvalue weighted by molar-refractivity contribution is 9.10. The molecule has 16 N–H and O–H groups in total. The van der Waals surface area contributed by atoms with Crippen LogP contribution >= 0.6 is 15.9 Å². The summed E-state index contributed by atoms with van der Waals surface area (Å²) in [6, 6.07) is 107. The normalized spacial score (nSPS) is 11.4. The van der Waals surface area contributed by atoms with Crippen LogP contribution in [0.4, 0.5) is 17.1 Å². The van der Waals surface area contributed by atoms with E-state index in [1.807, 2.05) is 262 Å². The Morgan fingerprint density at radius 3 is 1.28 bits per heavy atom. The maximum atomic E-state index is 13.7. The molecule has 22 aromatic rings. The first-order valence-electron chi connectivity index (χ1n) is 42.4. The fourth-order valence-electron chi connectivity index (χ4n) is 16.7. The molecule has 0 radical (unpaired) electrons. The number of para-hydroxylation sites is 3.